The molecule has 0 fully saturated rings. The number of hydrogen-bond acceptors (Lipinski definition) is 5. The van der Waals surface area contributed by atoms with Gasteiger partial charge in [-0.1, -0.05) is 0 Å². The van der Waals surface area contributed by atoms with E-state index in [-0.39, 0.29) is 19.0 Å². The molecule has 0 aliphatic rings. The second kappa shape index (κ2) is 8.81. The Labute approximate surface area is 127 Å². The number of esters is 1. The summed E-state index contributed by atoms with van der Waals surface area (Å²) in [6, 6.07) is 3.89. The first-order valence-corrected chi connectivity index (χ1v) is 7.21. The first-order valence-electron chi connectivity index (χ1n) is 6.41. The van der Waals surface area contributed by atoms with Crippen molar-refractivity contribution in [2.24, 2.45) is 0 Å². The number of methoxy groups -OCH3 is 1. The second-order valence-electron chi connectivity index (χ2n) is 4.04. The standard InChI is InChI=1S/C14H20BrNO4/c1-4-19-12-8-10(9-16-2)7-11(15)14(12)20-6-5-13(17)18-3/h7-8,16H,4-6,9H2,1-3H3. The molecule has 1 N–H and O–H groups in total. The van der Waals surface area contributed by atoms with Crippen molar-refractivity contribution in [3.05, 3.63) is 22.2 Å². The lowest BCUT2D eigenvalue weighted by molar-refractivity contribution is -0.141. The van der Waals surface area contributed by atoms with E-state index in [1.165, 1.54) is 7.11 Å². The Hall–Kier alpha value is -1.27. The van der Waals surface area contributed by atoms with E-state index in [0.717, 1.165) is 16.6 Å². The molecule has 0 bridgehead atoms. The molecular formula is C14H20BrNO4. The van der Waals surface area contributed by atoms with Crippen LogP contribution in [0.1, 0.15) is 18.9 Å². The number of hydrogen-bond donors (Lipinski definition) is 1. The number of rotatable bonds is 8. The molecule has 1 aromatic rings. The van der Waals surface area contributed by atoms with Crippen LogP contribution in [-0.4, -0.2) is 33.3 Å². The van der Waals surface area contributed by atoms with E-state index >= 15 is 0 Å². The van der Waals surface area contributed by atoms with Crippen molar-refractivity contribution in [3.8, 4) is 11.5 Å². The first-order chi connectivity index (χ1) is 9.62. The molecule has 0 atom stereocenters. The zero-order valence-electron chi connectivity index (χ0n) is 12.0. The predicted octanol–water partition coefficient (Wildman–Crippen LogP) is 2.51. The Bertz CT molecular complexity index is 451. The van der Waals surface area contributed by atoms with Crippen LogP contribution >= 0.6 is 15.9 Å². The van der Waals surface area contributed by atoms with Crippen molar-refractivity contribution in [2.45, 2.75) is 19.9 Å². The van der Waals surface area contributed by atoms with Crippen LogP contribution in [0.25, 0.3) is 0 Å². The van der Waals surface area contributed by atoms with Gasteiger partial charge >= 0.3 is 5.97 Å². The molecule has 0 unspecified atom stereocenters. The maximum Gasteiger partial charge on any atom is 0.308 e. The SMILES string of the molecule is CCOc1cc(CNC)cc(Br)c1OCCC(=O)OC. The van der Waals surface area contributed by atoms with Gasteiger partial charge in [0.15, 0.2) is 11.5 Å². The van der Waals surface area contributed by atoms with Crippen LogP contribution in [0.3, 0.4) is 0 Å². The van der Waals surface area contributed by atoms with Crippen molar-refractivity contribution >= 4 is 21.9 Å². The minimum absolute atomic E-state index is 0.201. The monoisotopic (exact) mass is 345 g/mol. The zero-order chi connectivity index (χ0) is 15.0. The van der Waals surface area contributed by atoms with Gasteiger partial charge in [-0.25, -0.2) is 0 Å². The Morgan fingerprint density at radius 2 is 2.10 bits per heavy atom. The quantitative estimate of drug-likeness (QED) is 0.733. The maximum atomic E-state index is 11.1. The number of nitrogens with one attached hydrogen (secondary N) is 1. The summed E-state index contributed by atoms with van der Waals surface area (Å²) in [4.78, 5) is 11.1. The topological polar surface area (TPSA) is 56.8 Å². The van der Waals surface area contributed by atoms with Crippen molar-refractivity contribution in [3.63, 3.8) is 0 Å². The Morgan fingerprint density at radius 1 is 1.35 bits per heavy atom. The highest BCUT2D eigenvalue weighted by molar-refractivity contribution is 9.10. The maximum absolute atomic E-state index is 11.1. The lowest BCUT2D eigenvalue weighted by Crippen LogP contribution is -2.10. The molecule has 0 heterocycles. The molecule has 0 radical (unpaired) electrons. The Balaban J connectivity index is 2.84. The third kappa shape index (κ3) is 5.02. The molecule has 0 aliphatic carbocycles. The normalized spacial score (nSPS) is 10.2. The number of benzene rings is 1. The van der Waals surface area contributed by atoms with E-state index in [0.29, 0.717) is 18.1 Å². The summed E-state index contributed by atoms with van der Waals surface area (Å²) in [5, 5.41) is 3.09. The molecule has 1 aromatic carbocycles. The van der Waals surface area contributed by atoms with Gasteiger partial charge in [-0.15, -0.1) is 0 Å². The van der Waals surface area contributed by atoms with Crippen molar-refractivity contribution < 1.29 is 19.0 Å². The summed E-state index contributed by atoms with van der Waals surface area (Å²) in [5.41, 5.74) is 1.09. The molecule has 6 heteroatoms. The minimum Gasteiger partial charge on any atom is -0.490 e. The van der Waals surface area contributed by atoms with E-state index in [9.17, 15) is 4.79 Å². The Morgan fingerprint density at radius 3 is 2.70 bits per heavy atom. The first kappa shape index (κ1) is 16.8. The van der Waals surface area contributed by atoms with E-state index in [1.807, 2.05) is 26.1 Å². The van der Waals surface area contributed by atoms with Gasteiger partial charge in [-0.2, -0.15) is 0 Å². The molecule has 0 amide bonds. The number of carbonyl (C=O) groups excluding carboxylic acids is 1. The molecule has 0 saturated carbocycles. The molecular weight excluding hydrogens is 326 g/mol. The van der Waals surface area contributed by atoms with Crippen LogP contribution in [0.5, 0.6) is 11.5 Å². The fourth-order valence-electron chi connectivity index (χ4n) is 1.67. The lowest BCUT2D eigenvalue weighted by Gasteiger charge is -2.15. The summed E-state index contributed by atoms with van der Waals surface area (Å²) in [7, 11) is 3.24. The third-order valence-electron chi connectivity index (χ3n) is 2.53. The summed E-state index contributed by atoms with van der Waals surface area (Å²) >= 11 is 3.47. The molecule has 0 spiro atoms. The molecule has 0 aliphatic heterocycles. The van der Waals surface area contributed by atoms with Crippen molar-refractivity contribution in [2.75, 3.05) is 27.4 Å². The van der Waals surface area contributed by atoms with Gasteiger partial charge in [0.1, 0.15) is 0 Å². The van der Waals surface area contributed by atoms with Gasteiger partial charge < -0.3 is 19.5 Å². The second-order valence-corrected chi connectivity index (χ2v) is 4.90. The van der Waals surface area contributed by atoms with Gasteiger partial charge in [0, 0.05) is 6.54 Å². The number of halogens is 1. The molecule has 0 aromatic heterocycles. The molecule has 5 nitrogen and oxygen atoms in total. The summed E-state index contributed by atoms with van der Waals surface area (Å²) < 4.78 is 16.6. The summed E-state index contributed by atoms with van der Waals surface area (Å²) in [6.07, 6.45) is 0.201. The number of ether oxygens (including phenoxy) is 3. The Kier molecular flexibility index (Phi) is 7.40. The highest BCUT2D eigenvalue weighted by atomic mass is 79.9. The zero-order valence-corrected chi connectivity index (χ0v) is 13.6. The average Bonchev–Trinajstić information content (AvgIpc) is 2.42. The van der Waals surface area contributed by atoms with Crippen LogP contribution in [0.2, 0.25) is 0 Å². The molecule has 112 valence electrons. The van der Waals surface area contributed by atoms with Crippen LogP contribution < -0.4 is 14.8 Å². The largest absolute Gasteiger partial charge is 0.490 e. The van der Waals surface area contributed by atoms with E-state index in [4.69, 9.17) is 9.47 Å². The van der Waals surface area contributed by atoms with Gasteiger partial charge in [0.2, 0.25) is 0 Å². The van der Waals surface area contributed by atoms with Gasteiger partial charge in [-0.05, 0) is 47.6 Å². The minimum atomic E-state index is -0.300. The van der Waals surface area contributed by atoms with Crippen molar-refractivity contribution in [1.29, 1.82) is 0 Å². The predicted molar refractivity (Wildman–Crippen MR) is 80.2 cm³/mol. The van der Waals surface area contributed by atoms with Gasteiger partial charge in [-0.3, -0.25) is 4.79 Å². The van der Waals surface area contributed by atoms with Crippen molar-refractivity contribution in [1.82, 2.24) is 5.32 Å². The highest BCUT2D eigenvalue weighted by Crippen LogP contribution is 2.37. The molecule has 0 saturated heterocycles. The fourth-order valence-corrected chi connectivity index (χ4v) is 2.27. The van der Waals surface area contributed by atoms with E-state index in [1.54, 1.807) is 0 Å². The highest BCUT2D eigenvalue weighted by Gasteiger charge is 2.13. The summed E-state index contributed by atoms with van der Waals surface area (Å²) in [6.45, 7) is 3.44. The number of carbonyl (C=O) groups is 1. The van der Waals surface area contributed by atoms with Crippen LogP contribution in [0.4, 0.5) is 0 Å². The van der Waals surface area contributed by atoms with Gasteiger partial charge in [0.05, 0.1) is 31.2 Å². The fraction of sp³-hybridized carbons (Fsp3) is 0.500. The van der Waals surface area contributed by atoms with Crippen LogP contribution in [0, 0.1) is 0 Å². The van der Waals surface area contributed by atoms with E-state index in [2.05, 4.69) is 26.0 Å². The summed E-state index contributed by atoms with van der Waals surface area (Å²) in [5.74, 6) is 0.971. The lowest BCUT2D eigenvalue weighted by atomic mass is 10.2. The van der Waals surface area contributed by atoms with E-state index < -0.39 is 0 Å². The smallest absolute Gasteiger partial charge is 0.308 e. The molecule has 20 heavy (non-hydrogen) atoms. The molecule has 1 rings (SSSR count). The van der Waals surface area contributed by atoms with Crippen LogP contribution in [-0.2, 0) is 16.1 Å². The average molecular weight is 346 g/mol. The third-order valence-corrected chi connectivity index (χ3v) is 3.12. The van der Waals surface area contributed by atoms with Gasteiger partial charge in [0.25, 0.3) is 0 Å². The van der Waals surface area contributed by atoms with Crippen LogP contribution in [0.15, 0.2) is 16.6 Å².